The maximum atomic E-state index is 5.51. The van der Waals surface area contributed by atoms with Crippen molar-refractivity contribution in [2.45, 2.75) is 19.8 Å². The van der Waals surface area contributed by atoms with Crippen molar-refractivity contribution in [3.8, 4) is 0 Å². The van der Waals surface area contributed by atoms with E-state index >= 15 is 0 Å². The standard InChI is InChI=1S/C15H17N3S/c1-2-3-11-4-6-12(7-5-11)18-13-8-9-14(15(16)19)17-10-13/h4-10,18H,2-3H2,1H3,(H2,16,19). The van der Waals surface area contributed by atoms with Gasteiger partial charge in [0.15, 0.2) is 0 Å². The Hall–Kier alpha value is -1.94. The Morgan fingerprint density at radius 3 is 2.37 bits per heavy atom. The second-order valence-electron chi connectivity index (χ2n) is 4.37. The van der Waals surface area contributed by atoms with Crippen LogP contribution < -0.4 is 11.1 Å². The molecule has 2 aromatic rings. The fourth-order valence-corrected chi connectivity index (χ4v) is 1.94. The topological polar surface area (TPSA) is 50.9 Å². The monoisotopic (exact) mass is 271 g/mol. The number of anilines is 2. The second kappa shape index (κ2) is 6.29. The van der Waals surface area contributed by atoms with Gasteiger partial charge in [0.05, 0.1) is 17.6 Å². The highest BCUT2D eigenvalue weighted by Gasteiger charge is 1.99. The highest BCUT2D eigenvalue weighted by atomic mass is 32.1. The molecular formula is C15H17N3S. The zero-order valence-corrected chi connectivity index (χ0v) is 11.7. The Bertz CT molecular complexity index is 547. The van der Waals surface area contributed by atoms with Crippen molar-refractivity contribution in [1.82, 2.24) is 4.98 Å². The van der Waals surface area contributed by atoms with Crippen molar-refractivity contribution in [2.75, 3.05) is 5.32 Å². The van der Waals surface area contributed by atoms with Crippen molar-refractivity contribution in [2.24, 2.45) is 5.73 Å². The van der Waals surface area contributed by atoms with Gasteiger partial charge in [-0.2, -0.15) is 0 Å². The van der Waals surface area contributed by atoms with Crippen LogP contribution in [-0.4, -0.2) is 9.97 Å². The van der Waals surface area contributed by atoms with Crippen molar-refractivity contribution >= 4 is 28.6 Å². The van der Waals surface area contributed by atoms with E-state index < -0.39 is 0 Å². The van der Waals surface area contributed by atoms with Crippen molar-refractivity contribution in [3.63, 3.8) is 0 Å². The third kappa shape index (κ3) is 3.76. The van der Waals surface area contributed by atoms with E-state index in [1.165, 1.54) is 5.56 Å². The summed E-state index contributed by atoms with van der Waals surface area (Å²) in [5, 5.41) is 3.29. The minimum atomic E-state index is 0.315. The number of thiocarbonyl (C=S) groups is 1. The molecule has 1 aromatic heterocycles. The maximum Gasteiger partial charge on any atom is 0.122 e. The van der Waals surface area contributed by atoms with Crippen LogP contribution in [0.5, 0.6) is 0 Å². The van der Waals surface area contributed by atoms with Crippen molar-refractivity contribution in [3.05, 3.63) is 53.9 Å². The molecule has 0 aliphatic carbocycles. The fraction of sp³-hybridized carbons (Fsp3) is 0.200. The van der Waals surface area contributed by atoms with Crippen LogP contribution in [0.15, 0.2) is 42.6 Å². The fourth-order valence-electron chi connectivity index (χ4n) is 1.82. The highest BCUT2D eigenvalue weighted by Crippen LogP contribution is 2.17. The molecule has 0 spiro atoms. The SMILES string of the molecule is CCCc1ccc(Nc2ccc(C(N)=S)nc2)cc1. The van der Waals surface area contributed by atoms with E-state index in [0.29, 0.717) is 10.7 Å². The van der Waals surface area contributed by atoms with Crippen LogP contribution in [0.2, 0.25) is 0 Å². The number of hydrogen-bond donors (Lipinski definition) is 2. The molecule has 0 aliphatic heterocycles. The van der Waals surface area contributed by atoms with Crippen molar-refractivity contribution in [1.29, 1.82) is 0 Å². The molecule has 98 valence electrons. The van der Waals surface area contributed by atoms with E-state index in [1.54, 1.807) is 6.20 Å². The molecule has 4 heteroatoms. The first-order valence-corrected chi connectivity index (χ1v) is 6.71. The van der Waals surface area contributed by atoms with E-state index in [-0.39, 0.29) is 0 Å². The van der Waals surface area contributed by atoms with Gasteiger partial charge >= 0.3 is 0 Å². The van der Waals surface area contributed by atoms with Crippen LogP contribution in [0.4, 0.5) is 11.4 Å². The van der Waals surface area contributed by atoms with Crippen LogP contribution in [-0.2, 0) is 6.42 Å². The van der Waals surface area contributed by atoms with E-state index in [9.17, 15) is 0 Å². The van der Waals surface area contributed by atoms with Gasteiger partial charge in [0, 0.05) is 5.69 Å². The lowest BCUT2D eigenvalue weighted by Crippen LogP contribution is -2.11. The van der Waals surface area contributed by atoms with E-state index in [1.807, 2.05) is 12.1 Å². The van der Waals surface area contributed by atoms with Gasteiger partial charge < -0.3 is 11.1 Å². The molecular weight excluding hydrogens is 254 g/mol. The Morgan fingerprint density at radius 2 is 1.84 bits per heavy atom. The molecule has 0 amide bonds. The van der Waals surface area contributed by atoms with Gasteiger partial charge in [0.25, 0.3) is 0 Å². The molecule has 0 atom stereocenters. The van der Waals surface area contributed by atoms with Crippen LogP contribution in [0.25, 0.3) is 0 Å². The van der Waals surface area contributed by atoms with E-state index in [4.69, 9.17) is 18.0 Å². The van der Waals surface area contributed by atoms with E-state index in [2.05, 4.69) is 41.5 Å². The van der Waals surface area contributed by atoms with E-state index in [0.717, 1.165) is 24.2 Å². The first kappa shape index (κ1) is 13.5. The number of aryl methyl sites for hydroxylation is 1. The summed E-state index contributed by atoms with van der Waals surface area (Å²) in [6, 6.07) is 12.2. The largest absolute Gasteiger partial charge is 0.388 e. The Morgan fingerprint density at radius 1 is 1.16 bits per heavy atom. The lowest BCUT2D eigenvalue weighted by atomic mass is 10.1. The van der Waals surface area contributed by atoms with Gasteiger partial charge in [-0.3, -0.25) is 4.98 Å². The number of aromatic nitrogens is 1. The third-order valence-corrected chi connectivity index (χ3v) is 3.01. The first-order valence-electron chi connectivity index (χ1n) is 6.31. The van der Waals surface area contributed by atoms with Crippen molar-refractivity contribution < 1.29 is 0 Å². The molecule has 0 radical (unpaired) electrons. The Kier molecular flexibility index (Phi) is 4.47. The molecule has 0 bridgehead atoms. The lowest BCUT2D eigenvalue weighted by Gasteiger charge is -2.07. The second-order valence-corrected chi connectivity index (χ2v) is 4.81. The van der Waals surface area contributed by atoms with Crippen LogP contribution >= 0.6 is 12.2 Å². The Balaban J connectivity index is 2.06. The number of nitrogens with two attached hydrogens (primary N) is 1. The molecule has 0 saturated carbocycles. The summed E-state index contributed by atoms with van der Waals surface area (Å²) < 4.78 is 0. The zero-order valence-electron chi connectivity index (χ0n) is 10.9. The smallest absolute Gasteiger partial charge is 0.122 e. The summed E-state index contributed by atoms with van der Waals surface area (Å²) in [6.45, 7) is 2.18. The molecule has 0 aliphatic rings. The molecule has 3 nitrogen and oxygen atoms in total. The van der Waals surface area contributed by atoms with Crippen LogP contribution in [0.1, 0.15) is 24.6 Å². The predicted molar refractivity (Wildman–Crippen MR) is 83.8 cm³/mol. The number of benzene rings is 1. The number of hydrogen-bond acceptors (Lipinski definition) is 3. The van der Waals surface area contributed by atoms with Gasteiger partial charge in [-0.25, -0.2) is 0 Å². The molecule has 19 heavy (non-hydrogen) atoms. The molecule has 1 heterocycles. The number of rotatable bonds is 5. The summed E-state index contributed by atoms with van der Waals surface area (Å²) in [5.41, 5.74) is 9.47. The minimum absolute atomic E-state index is 0.315. The molecule has 2 rings (SSSR count). The zero-order chi connectivity index (χ0) is 13.7. The van der Waals surface area contributed by atoms with Gasteiger partial charge in [0.1, 0.15) is 4.99 Å². The maximum absolute atomic E-state index is 5.51. The quantitative estimate of drug-likeness (QED) is 0.818. The summed E-state index contributed by atoms with van der Waals surface area (Å²) in [7, 11) is 0. The first-order chi connectivity index (χ1) is 9.19. The number of pyridine rings is 1. The molecule has 0 unspecified atom stereocenters. The lowest BCUT2D eigenvalue weighted by molar-refractivity contribution is 0.922. The molecule has 1 aromatic carbocycles. The van der Waals surface area contributed by atoms with Crippen LogP contribution in [0, 0.1) is 0 Å². The van der Waals surface area contributed by atoms with Gasteiger partial charge in [-0.05, 0) is 36.2 Å². The summed E-state index contributed by atoms with van der Waals surface area (Å²) in [5.74, 6) is 0. The summed E-state index contributed by atoms with van der Waals surface area (Å²) in [4.78, 5) is 4.51. The third-order valence-electron chi connectivity index (χ3n) is 2.80. The number of nitrogens with one attached hydrogen (secondary N) is 1. The molecule has 0 fully saturated rings. The van der Waals surface area contributed by atoms with Crippen LogP contribution in [0.3, 0.4) is 0 Å². The minimum Gasteiger partial charge on any atom is -0.388 e. The molecule has 0 saturated heterocycles. The highest BCUT2D eigenvalue weighted by molar-refractivity contribution is 7.80. The normalized spacial score (nSPS) is 10.2. The average Bonchev–Trinajstić information content (AvgIpc) is 2.42. The predicted octanol–water partition coefficient (Wildman–Crippen LogP) is 3.41. The van der Waals surface area contributed by atoms with Gasteiger partial charge in [-0.15, -0.1) is 0 Å². The Labute approximate surface area is 118 Å². The molecule has 3 N–H and O–H groups in total. The number of nitrogens with zero attached hydrogens (tertiary/aromatic N) is 1. The van der Waals surface area contributed by atoms with Gasteiger partial charge in [0.2, 0.25) is 0 Å². The average molecular weight is 271 g/mol. The summed E-state index contributed by atoms with van der Waals surface area (Å²) >= 11 is 4.87. The van der Waals surface area contributed by atoms with Gasteiger partial charge in [-0.1, -0.05) is 37.7 Å². The summed E-state index contributed by atoms with van der Waals surface area (Å²) in [6.07, 6.45) is 4.01.